The SMILES string of the molecule is Clc1cc(I)cc(Cl)c1N=Nc1ccc(NCc2ccccc2)cc1. The van der Waals surface area contributed by atoms with Crippen LogP contribution in [0.2, 0.25) is 10.0 Å². The van der Waals surface area contributed by atoms with Crippen LogP contribution in [0.25, 0.3) is 0 Å². The fourth-order valence-corrected chi connectivity index (χ4v) is 3.74. The van der Waals surface area contributed by atoms with E-state index in [4.69, 9.17) is 23.2 Å². The predicted molar refractivity (Wildman–Crippen MR) is 114 cm³/mol. The van der Waals surface area contributed by atoms with E-state index in [1.54, 1.807) is 12.1 Å². The third-order valence-electron chi connectivity index (χ3n) is 3.45. The quantitative estimate of drug-likeness (QED) is 0.295. The number of halogens is 3. The number of hydrogen-bond acceptors (Lipinski definition) is 3. The summed E-state index contributed by atoms with van der Waals surface area (Å²) in [6, 6.07) is 21.6. The van der Waals surface area contributed by atoms with Crippen molar-refractivity contribution >= 4 is 62.9 Å². The summed E-state index contributed by atoms with van der Waals surface area (Å²) >= 11 is 14.5. The summed E-state index contributed by atoms with van der Waals surface area (Å²) in [7, 11) is 0. The van der Waals surface area contributed by atoms with E-state index in [1.165, 1.54) is 5.56 Å². The van der Waals surface area contributed by atoms with E-state index < -0.39 is 0 Å². The highest BCUT2D eigenvalue weighted by molar-refractivity contribution is 14.1. The Morgan fingerprint density at radius 2 is 1.48 bits per heavy atom. The van der Waals surface area contributed by atoms with Gasteiger partial charge in [-0.1, -0.05) is 53.5 Å². The minimum absolute atomic E-state index is 0.482. The van der Waals surface area contributed by atoms with Crippen molar-refractivity contribution in [3.05, 3.63) is 85.9 Å². The molecule has 3 nitrogen and oxygen atoms in total. The van der Waals surface area contributed by atoms with E-state index in [1.807, 2.05) is 42.5 Å². The molecule has 0 aromatic heterocycles. The summed E-state index contributed by atoms with van der Waals surface area (Å²) in [4.78, 5) is 0. The lowest BCUT2D eigenvalue weighted by Gasteiger charge is -2.06. The number of nitrogens with zero attached hydrogens (tertiary/aromatic N) is 2. The van der Waals surface area contributed by atoms with Gasteiger partial charge in [-0.2, -0.15) is 5.11 Å². The molecule has 0 heterocycles. The second kappa shape index (κ2) is 8.65. The monoisotopic (exact) mass is 481 g/mol. The van der Waals surface area contributed by atoms with Crippen molar-refractivity contribution in [3.8, 4) is 0 Å². The fraction of sp³-hybridized carbons (Fsp3) is 0.0526. The van der Waals surface area contributed by atoms with Gasteiger partial charge in [0, 0.05) is 15.8 Å². The van der Waals surface area contributed by atoms with Crippen LogP contribution in [0.3, 0.4) is 0 Å². The van der Waals surface area contributed by atoms with Crippen molar-refractivity contribution in [1.82, 2.24) is 0 Å². The first-order valence-corrected chi connectivity index (χ1v) is 9.39. The van der Waals surface area contributed by atoms with E-state index >= 15 is 0 Å². The van der Waals surface area contributed by atoms with E-state index in [-0.39, 0.29) is 0 Å². The summed E-state index contributed by atoms with van der Waals surface area (Å²) in [6.07, 6.45) is 0. The Hall–Kier alpha value is -1.63. The number of benzene rings is 3. The summed E-state index contributed by atoms with van der Waals surface area (Å²) < 4.78 is 0.959. The van der Waals surface area contributed by atoms with Gasteiger partial charge in [0.25, 0.3) is 0 Å². The minimum Gasteiger partial charge on any atom is -0.381 e. The molecule has 6 heteroatoms. The van der Waals surface area contributed by atoms with E-state index in [2.05, 4.69) is 50.3 Å². The van der Waals surface area contributed by atoms with Crippen molar-refractivity contribution in [2.75, 3.05) is 5.32 Å². The molecule has 0 spiro atoms. The van der Waals surface area contributed by atoms with Crippen LogP contribution < -0.4 is 5.32 Å². The second-order valence-electron chi connectivity index (χ2n) is 5.30. The Bertz CT molecular complexity index is 858. The van der Waals surface area contributed by atoms with E-state index in [9.17, 15) is 0 Å². The van der Waals surface area contributed by atoms with Gasteiger partial charge in [0.1, 0.15) is 5.69 Å². The molecule has 126 valence electrons. The molecular formula is C19H14Cl2IN3. The summed E-state index contributed by atoms with van der Waals surface area (Å²) in [6.45, 7) is 0.773. The lowest BCUT2D eigenvalue weighted by Crippen LogP contribution is -1.98. The smallest absolute Gasteiger partial charge is 0.123 e. The van der Waals surface area contributed by atoms with Gasteiger partial charge in [0.05, 0.1) is 15.7 Å². The molecule has 3 aromatic carbocycles. The average molecular weight is 482 g/mol. The lowest BCUT2D eigenvalue weighted by molar-refractivity contribution is 1.15. The number of anilines is 1. The van der Waals surface area contributed by atoms with Crippen LogP contribution in [0.1, 0.15) is 5.56 Å². The summed E-state index contributed by atoms with van der Waals surface area (Å²) in [5.74, 6) is 0. The van der Waals surface area contributed by atoms with Crippen LogP contribution in [-0.2, 0) is 6.54 Å². The number of nitrogens with one attached hydrogen (secondary N) is 1. The third-order valence-corrected chi connectivity index (χ3v) is 4.65. The van der Waals surface area contributed by atoms with Gasteiger partial charge in [-0.05, 0) is 64.6 Å². The maximum Gasteiger partial charge on any atom is 0.123 e. The molecule has 25 heavy (non-hydrogen) atoms. The maximum atomic E-state index is 6.17. The van der Waals surface area contributed by atoms with E-state index in [0.29, 0.717) is 15.7 Å². The Kier molecular flexibility index (Phi) is 6.29. The molecule has 0 amide bonds. The molecule has 0 aliphatic heterocycles. The number of hydrogen-bond donors (Lipinski definition) is 1. The van der Waals surface area contributed by atoms with Crippen LogP contribution >= 0.6 is 45.8 Å². The van der Waals surface area contributed by atoms with Gasteiger partial charge in [-0.25, -0.2) is 0 Å². The Morgan fingerprint density at radius 1 is 0.840 bits per heavy atom. The zero-order valence-electron chi connectivity index (χ0n) is 13.1. The molecule has 0 unspecified atom stereocenters. The van der Waals surface area contributed by atoms with Crippen molar-refractivity contribution in [3.63, 3.8) is 0 Å². The Balaban J connectivity index is 1.66. The van der Waals surface area contributed by atoms with Crippen molar-refractivity contribution in [2.45, 2.75) is 6.54 Å². The molecule has 0 aliphatic carbocycles. The lowest BCUT2D eigenvalue weighted by atomic mass is 10.2. The standard InChI is InChI=1S/C19H14Cl2IN3/c20-17-10-14(22)11-18(21)19(17)25-24-16-8-6-15(7-9-16)23-12-13-4-2-1-3-5-13/h1-11,23H,12H2. The molecule has 0 aliphatic rings. The normalized spacial score (nSPS) is 11.0. The van der Waals surface area contributed by atoms with Crippen LogP contribution in [0.5, 0.6) is 0 Å². The van der Waals surface area contributed by atoms with Crippen molar-refractivity contribution in [1.29, 1.82) is 0 Å². The van der Waals surface area contributed by atoms with Gasteiger partial charge < -0.3 is 5.32 Å². The van der Waals surface area contributed by atoms with Crippen LogP contribution in [-0.4, -0.2) is 0 Å². The van der Waals surface area contributed by atoms with Gasteiger partial charge >= 0.3 is 0 Å². The highest BCUT2D eigenvalue weighted by Gasteiger charge is 2.06. The first-order valence-electron chi connectivity index (χ1n) is 7.56. The summed E-state index contributed by atoms with van der Waals surface area (Å²) in [5, 5.41) is 12.7. The van der Waals surface area contributed by atoms with Gasteiger partial charge in [-0.15, -0.1) is 5.11 Å². The molecular weight excluding hydrogens is 468 g/mol. The molecule has 3 rings (SSSR count). The molecule has 3 aromatic rings. The van der Waals surface area contributed by atoms with Crippen LogP contribution in [0, 0.1) is 3.57 Å². The second-order valence-corrected chi connectivity index (χ2v) is 7.36. The Morgan fingerprint density at radius 3 is 2.12 bits per heavy atom. The molecule has 0 saturated heterocycles. The maximum absolute atomic E-state index is 6.17. The largest absolute Gasteiger partial charge is 0.381 e. The fourth-order valence-electron chi connectivity index (χ4n) is 2.18. The highest BCUT2D eigenvalue weighted by atomic mass is 127. The van der Waals surface area contributed by atoms with Crippen molar-refractivity contribution in [2.24, 2.45) is 10.2 Å². The first kappa shape index (κ1) is 18.2. The topological polar surface area (TPSA) is 36.8 Å². The predicted octanol–water partition coefficient (Wildman–Crippen LogP) is 7.63. The van der Waals surface area contributed by atoms with Gasteiger partial charge in [0.2, 0.25) is 0 Å². The zero-order chi connectivity index (χ0) is 17.6. The van der Waals surface area contributed by atoms with Crippen molar-refractivity contribution < 1.29 is 0 Å². The number of rotatable bonds is 5. The summed E-state index contributed by atoms with van der Waals surface area (Å²) in [5.41, 5.74) is 3.47. The molecule has 0 atom stereocenters. The van der Waals surface area contributed by atoms with Gasteiger partial charge in [-0.3, -0.25) is 0 Å². The highest BCUT2D eigenvalue weighted by Crippen LogP contribution is 2.36. The van der Waals surface area contributed by atoms with Crippen LogP contribution in [0.4, 0.5) is 17.1 Å². The molecule has 0 fully saturated rings. The first-order chi connectivity index (χ1) is 12.1. The molecule has 1 N–H and O–H groups in total. The molecule has 0 radical (unpaired) electrons. The molecule has 0 bridgehead atoms. The number of azo groups is 1. The van der Waals surface area contributed by atoms with Gasteiger partial charge in [0.15, 0.2) is 0 Å². The third kappa shape index (κ3) is 5.17. The van der Waals surface area contributed by atoms with E-state index in [0.717, 1.165) is 21.5 Å². The average Bonchev–Trinajstić information content (AvgIpc) is 2.61. The Labute approximate surface area is 170 Å². The molecule has 0 saturated carbocycles. The minimum atomic E-state index is 0.482. The van der Waals surface area contributed by atoms with Crippen LogP contribution in [0.15, 0.2) is 77.0 Å². The zero-order valence-corrected chi connectivity index (χ0v) is 16.8.